The minimum atomic E-state index is -0.745. The number of carbonyl (C=O) groups is 1. The number of nitrogens with two attached hydrogens (primary N) is 2. The molecule has 1 aliphatic heterocycles. The van der Waals surface area contributed by atoms with Gasteiger partial charge >= 0.3 is 0 Å². The number of likely N-dealkylation sites (tertiary alicyclic amines) is 1. The Labute approximate surface area is 116 Å². The van der Waals surface area contributed by atoms with Crippen LogP contribution < -0.4 is 11.5 Å². The van der Waals surface area contributed by atoms with Crippen molar-refractivity contribution >= 4 is 5.91 Å². The van der Waals surface area contributed by atoms with Crippen LogP contribution in [0.4, 0.5) is 0 Å². The van der Waals surface area contributed by atoms with E-state index < -0.39 is 5.54 Å². The largest absolute Gasteiger partial charge is 0.368 e. The van der Waals surface area contributed by atoms with Crippen LogP contribution >= 0.6 is 0 Å². The zero-order valence-electron chi connectivity index (χ0n) is 12.4. The normalized spacial score (nSPS) is 40.5. The summed E-state index contributed by atoms with van der Waals surface area (Å²) in [5.41, 5.74) is 11.0. The minimum absolute atomic E-state index is 0.273. The van der Waals surface area contributed by atoms with Crippen molar-refractivity contribution in [2.24, 2.45) is 23.3 Å². The molecule has 4 N–H and O–H groups in total. The van der Waals surface area contributed by atoms with Gasteiger partial charge in [0.15, 0.2) is 0 Å². The molecule has 0 aromatic carbocycles. The molecule has 2 fully saturated rings. The van der Waals surface area contributed by atoms with Crippen molar-refractivity contribution in [2.75, 3.05) is 13.1 Å². The molecule has 0 bridgehead atoms. The molecule has 1 saturated heterocycles. The summed E-state index contributed by atoms with van der Waals surface area (Å²) in [7, 11) is 0. The second kappa shape index (κ2) is 5.80. The second-order valence-corrected chi connectivity index (χ2v) is 6.68. The lowest BCUT2D eigenvalue weighted by atomic mass is 9.84. The Morgan fingerprint density at radius 1 is 1.32 bits per heavy atom. The fraction of sp³-hybridized carbons (Fsp3) is 0.933. The fourth-order valence-electron chi connectivity index (χ4n) is 3.89. The molecule has 19 heavy (non-hydrogen) atoms. The molecule has 0 aromatic rings. The van der Waals surface area contributed by atoms with E-state index in [1.165, 1.54) is 19.4 Å². The van der Waals surface area contributed by atoms with E-state index in [9.17, 15) is 4.79 Å². The van der Waals surface area contributed by atoms with E-state index in [1.807, 2.05) is 0 Å². The van der Waals surface area contributed by atoms with Gasteiger partial charge in [0, 0.05) is 6.04 Å². The van der Waals surface area contributed by atoms with Crippen molar-refractivity contribution in [3.8, 4) is 0 Å². The molecule has 2 aliphatic rings. The molecule has 0 spiro atoms. The molecule has 1 aliphatic carbocycles. The van der Waals surface area contributed by atoms with Gasteiger partial charge in [0.1, 0.15) is 0 Å². The van der Waals surface area contributed by atoms with Crippen molar-refractivity contribution in [3.63, 3.8) is 0 Å². The van der Waals surface area contributed by atoms with Crippen LogP contribution in [0, 0.1) is 11.8 Å². The molecule has 1 saturated carbocycles. The van der Waals surface area contributed by atoms with Gasteiger partial charge in [-0.2, -0.15) is 0 Å². The summed E-state index contributed by atoms with van der Waals surface area (Å²) < 4.78 is 0. The summed E-state index contributed by atoms with van der Waals surface area (Å²) in [6.07, 6.45) is 6.49. The quantitative estimate of drug-likeness (QED) is 0.810. The van der Waals surface area contributed by atoms with Crippen LogP contribution in [0.25, 0.3) is 0 Å². The summed E-state index contributed by atoms with van der Waals surface area (Å²) in [5.74, 6) is 0.737. The highest BCUT2D eigenvalue weighted by Gasteiger charge is 2.44. The molecule has 0 aromatic heterocycles. The highest BCUT2D eigenvalue weighted by Crippen LogP contribution is 2.36. The van der Waals surface area contributed by atoms with Crippen molar-refractivity contribution in [1.82, 2.24) is 4.90 Å². The van der Waals surface area contributed by atoms with Gasteiger partial charge in [0.25, 0.3) is 0 Å². The maximum atomic E-state index is 11.6. The van der Waals surface area contributed by atoms with E-state index >= 15 is 0 Å². The Balaban J connectivity index is 1.89. The van der Waals surface area contributed by atoms with Gasteiger partial charge < -0.3 is 16.4 Å². The molecular weight excluding hydrogens is 238 g/mol. The van der Waals surface area contributed by atoms with Gasteiger partial charge in [0.2, 0.25) is 5.91 Å². The summed E-state index contributed by atoms with van der Waals surface area (Å²) >= 11 is 0. The molecule has 4 atom stereocenters. The van der Waals surface area contributed by atoms with Crippen molar-refractivity contribution in [2.45, 2.75) is 64.0 Å². The Hall–Kier alpha value is -0.610. The number of hydrogen-bond acceptors (Lipinski definition) is 3. The van der Waals surface area contributed by atoms with E-state index in [1.54, 1.807) is 0 Å². The SMILES string of the molecule is CC1CCCN(CCC2CCCC2(N)C(N)=O)C1C. The average molecular weight is 267 g/mol. The number of carbonyl (C=O) groups excluding carboxylic acids is 1. The van der Waals surface area contributed by atoms with Gasteiger partial charge in [0.05, 0.1) is 5.54 Å². The third-order valence-electron chi connectivity index (χ3n) is 5.60. The van der Waals surface area contributed by atoms with Gasteiger partial charge in [-0.05, 0) is 64.0 Å². The highest BCUT2D eigenvalue weighted by molar-refractivity contribution is 5.85. The lowest BCUT2D eigenvalue weighted by Crippen LogP contribution is -2.55. The zero-order valence-corrected chi connectivity index (χ0v) is 12.4. The van der Waals surface area contributed by atoms with E-state index in [-0.39, 0.29) is 11.8 Å². The molecule has 4 unspecified atom stereocenters. The third-order valence-corrected chi connectivity index (χ3v) is 5.60. The molecule has 2 rings (SSSR count). The first-order valence-electron chi connectivity index (χ1n) is 7.78. The second-order valence-electron chi connectivity index (χ2n) is 6.68. The van der Waals surface area contributed by atoms with Gasteiger partial charge in [-0.15, -0.1) is 0 Å². The number of primary amides is 1. The van der Waals surface area contributed by atoms with Gasteiger partial charge in [-0.25, -0.2) is 0 Å². The lowest BCUT2D eigenvalue weighted by molar-refractivity contribution is -0.124. The molecule has 0 radical (unpaired) electrons. The molecule has 4 nitrogen and oxygen atoms in total. The van der Waals surface area contributed by atoms with Crippen LogP contribution in [-0.2, 0) is 4.79 Å². The maximum absolute atomic E-state index is 11.6. The van der Waals surface area contributed by atoms with Crippen LogP contribution in [0.3, 0.4) is 0 Å². The average Bonchev–Trinajstić information content (AvgIpc) is 2.74. The lowest BCUT2D eigenvalue weighted by Gasteiger charge is -2.39. The van der Waals surface area contributed by atoms with Crippen LogP contribution in [0.15, 0.2) is 0 Å². The first-order chi connectivity index (χ1) is 8.95. The van der Waals surface area contributed by atoms with Crippen LogP contribution in [-0.4, -0.2) is 35.5 Å². The van der Waals surface area contributed by atoms with Crippen LogP contribution in [0.2, 0.25) is 0 Å². The van der Waals surface area contributed by atoms with E-state index in [0.717, 1.165) is 38.1 Å². The smallest absolute Gasteiger partial charge is 0.237 e. The summed E-state index contributed by atoms with van der Waals surface area (Å²) in [6, 6.07) is 0.649. The van der Waals surface area contributed by atoms with E-state index in [2.05, 4.69) is 18.7 Å². The van der Waals surface area contributed by atoms with Crippen molar-refractivity contribution in [3.05, 3.63) is 0 Å². The van der Waals surface area contributed by atoms with E-state index in [0.29, 0.717) is 6.04 Å². The number of hydrogen-bond donors (Lipinski definition) is 2. The Kier molecular flexibility index (Phi) is 4.51. The summed E-state index contributed by atoms with van der Waals surface area (Å²) in [6.45, 7) is 6.90. The first-order valence-corrected chi connectivity index (χ1v) is 7.78. The highest BCUT2D eigenvalue weighted by atomic mass is 16.1. The summed E-state index contributed by atoms with van der Waals surface area (Å²) in [5, 5.41) is 0. The Morgan fingerprint density at radius 2 is 2.05 bits per heavy atom. The monoisotopic (exact) mass is 267 g/mol. The molecule has 1 amide bonds. The fourth-order valence-corrected chi connectivity index (χ4v) is 3.89. The number of piperidine rings is 1. The Morgan fingerprint density at radius 3 is 2.74 bits per heavy atom. The zero-order chi connectivity index (χ0) is 14.0. The third kappa shape index (κ3) is 2.95. The number of nitrogens with zero attached hydrogens (tertiary/aromatic N) is 1. The summed E-state index contributed by atoms with van der Waals surface area (Å²) in [4.78, 5) is 14.1. The maximum Gasteiger partial charge on any atom is 0.237 e. The molecular formula is C15H29N3O. The molecule has 1 heterocycles. The van der Waals surface area contributed by atoms with Gasteiger partial charge in [-0.1, -0.05) is 13.3 Å². The Bertz CT molecular complexity index is 333. The van der Waals surface area contributed by atoms with Crippen LogP contribution in [0.1, 0.15) is 52.4 Å². The van der Waals surface area contributed by atoms with E-state index in [4.69, 9.17) is 11.5 Å². The standard InChI is InChI=1S/C15H29N3O/c1-11-5-4-9-18(12(11)2)10-7-13-6-3-8-15(13,17)14(16)19/h11-13H,3-10,17H2,1-2H3,(H2,16,19). The van der Waals surface area contributed by atoms with Crippen molar-refractivity contribution < 1.29 is 4.79 Å². The molecule has 4 heteroatoms. The molecule has 110 valence electrons. The van der Waals surface area contributed by atoms with Crippen molar-refractivity contribution in [1.29, 1.82) is 0 Å². The number of amides is 1. The minimum Gasteiger partial charge on any atom is -0.368 e. The van der Waals surface area contributed by atoms with Gasteiger partial charge in [-0.3, -0.25) is 4.79 Å². The van der Waals surface area contributed by atoms with Crippen LogP contribution in [0.5, 0.6) is 0 Å². The number of rotatable bonds is 4. The topological polar surface area (TPSA) is 72.3 Å². The first kappa shape index (κ1) is 14.8. The predicted octanol–water partition coefficient (Wildman–Crippen LogP) is 1.48. The predicted molar refractivity (Wildman–Crippen MR) is 77.5 cm³/mol.